The topological polar surface area (TPSA) is 26.5 Å². The van der Waals surface area contributed by atoms with E-state index in [1.165, 1.54) is 12.1 Å². The van der Waals surface area contributed by atoms with Gasteiger partial charge in [-0.25, -0.2) is 4.68 Å². The van der Waals surface area contributed by atoms with Crippen LogP contribution in [0.2, 0.25) is 0 Å². The normalized spacial score (nSPS) is 11.8. The predicted molar refractivity (Wildman–Crippen MR) is 95.5 cm³/mol. The van der Waals surface area contributed by atoms with Gasteiger partial charge in [-0.3, -0.25) is 0 Å². The monoisotopic (exact) mass is 336 g/mol. The lowest BCUT2D eigenvalue weighted by Gasteiger charge is -2.04. The van der Waals surface area contributed by atoms with E-state index < -0.39 is 6.61 Å². The summed E-state index contributed by atoms with van der Waals surface area (Å²) in [7, 11) is 0. The third-order valence-corrected chi connectivity index (χ3v) is 3.98. The Morgan fingerprint density at radius 2 is 1.36 bits per heavy atom. The Morgan fingerprint density at radius 1 is 0.800 bits per heavy atom. The van der Waals surface area contributed by atoms with Crippen LogP contribution in [0.4, 0.5) is 8.78 Å². The fraction of sp³-hybridized carbons (Fsp3) is 0.0500. The number of ether oxygens (including phenoxy) is 1. The quantitative estimate of drug-likeness (QED) is 0.466. The Hall–Kier alpha value is -3.21. The second-order valence-corrected chi connectivity index (χ2v) is 5.54. The molecule has 124 valence electrons. The third kappa shape index (κ3) is 2.96. The van der Waals surface area contributed by atoms with Crippen molar-refractivity contribution in [3.63, 3.8) is 0 Å². The zero-order valence-corrected chi connectivity index (χ0v) is 13.1. The molecule has 0 unspecified atom stereocenters. The summed E-state index contributed by atoms with van der Waals surface area (Å²) in [5.74, 6) is 0.129. The highest BCUT2D eigenvalue weighted by molar-refractivity contribution is 6.08. The molecule has 4 rings (SSSR count). The first kappa shape index (κ1) is 15.3. The molecule has 25 heavy (non-hydrogen) atoms. The second-order valence-electron chi connectivity index (χ2n) is 5.54. The number of benzene rings is 3. The van der Waals surface area contributed by atoms with Crippen LogP contribution < -0.4 is 4.74 Å². The largest absolute Gasteiger partial charge is 0.435 e. The molecule has 3 nitrogen and oxygen atoms in total. The summed E-state index contributed by atoms with van der Waals surface area (Å²) in [6, 6.07) is 22.5. The molecule has 0 aliphatic rings. The predicted octanol–water partition coefficient (Wildman–Crippen LogP) is 5.28. The lowest BCUT2D eigenvalue weighted by atomic mass is 10.2. The average Bonchev–Trinajstić information content (AvgIpc) is 2.95. The van der Waals surface area contributed by atoms with E-state index in [-0.39, 0.29) is 5.75 Å². The number of para-hydroxylation sites is 2. The lowest BCUT2D eigenvalue weighted by Crippen LogP contribution is -2.01. The van der Waals surface area contributed by atoms with E-state index in [4.69, 9.17) is 0 Å². The van der Waals surface area contributed by atoms with Gasteiger partial charge in [0, 0.05) is 10.8 Å². The molecule has 0 spiro atoms. The van der Waals surface area contributed by atoms with E-state index in [9.17, 15) is 8.78 Å². The van der Waals surface area contributed by atoms with E-state index >= 15 is 0 Å². The number of fused-ring (bicyclic) bond motifs is 3. The number of rotatable bonds is 4. The number of nitrogens with zero attached hydrogens (tertiary/aromatic N) is 2. The van der Waals surface area contributed by atoms with Gasteiger partial charge in [-0.05, 0) is 42.0 Å². The molecule has 3 aromatic carbocycles. The van der Waals surface area contributed by atoms with Gasteiger partial charge in [-0.15, -0.1) is 0 Å². The molecule has 0 aliphatic heterocycles. The van der Waals surface area contributed by atoms with E-state index in [1.54, 1.807) is 18.3 Å². The van der Waals surface area contributed by atoms with Crippen molar-refractivity contribution < 1.29 is 13.5 Å². The van der Waals surface area contributed by atoms with Crippen LogP contribution in [0.25, 0.3) is 21.8 Å². The van der Waals surface area contributed by atoms with Crippen LogP contribution in [-0.2, 0) is 0 Å². The van der Waals surface area contributed by atoms with Crippen LogP contribution in [0.3, 0.4) is 0 Å². The van der Waals surface area contributed by atoms with E-state index in [2.05, 4.69) is 22.0 Å². The van der Waals surface area contributed by atoms with Crippen LogP contribution >= 0.6 is 0 Å². The minimum atomic E-state index is -2.82. The van der Waals surface area contributed by atoms with E-state index in [0.717, 1.165) is 27.4 Å². The van der Waals surface area contributed by atoms with Gasteiger partial charge in [0.05, 0.1) is 17.2 Å². The highest BCUT2D eigenvalue weighted by Gasteiger charge is 2.08. The summed E-state index contributed by atoms with van der Waals surface area (Å²) in [6.07, 6.45) is 1.70. The van der Waals surface area contributed by atoms with Crippen molar-refractivity contribution in [2.45, 2.75) is 6.61 Å². The van der Waals surface area contributed by atoms with Gasteiger partial charge in [0.1, 0.15) is 5.75 Å². The first-order valence-corrected chi connectivity index (χ1v) is 7.80. The van der Waals surface area contributed by atoms with Crippen LogP contribution in [0.5, 0.6) is 5.75 Å². The SMILES string of the molecule is FC(F)Oc1ccc(/C=N/n2c3ccccc3c3ccccc32)cc1. The fourth-order valence-electron chi connectivity index (χ4n) is 2.89. The van der Waals surface area contributed by atoms with Gasteiger partial charge in [-0.2, -0.15) is 13.9 Å². The molecule has 1 heterocycles. The summed E-state index contributed by atoms with van der Waals surface area (Å²) < 4.78 is 30.6. The standard InChI is InChI=1S/C20H14F2N2O/c21-20(22)25-15-11-9-14(10-12-15)13-23-24-18-7-3-1-5-16(18)17-6-2-4-8-19(17)24/h1-13,20H/b23-13+. The number of halogens is 2. The highest BCUT2D eigenvalue weighted by atomic mass is 19.3. The molecule has 0 bridgehead atoms. The van der Waals surface area contributed by atoms with Gasteiger partial charge in [-0.1, -0.05) is 36.4 Å². The molecule has 0 radical (unpaired) electrons. The molecule has 4 aromatic rings. The maximum atomic E-state index is 12.2. The summed E-state index contributed by atoms with van der Waals surface area (Å²) in [4.78, 5) is 0. The van der Waals surface area contributed by atoms with E-state index in [1.807, 2.05) is 41.1 Å². The van der Waals surface area contributed by atoms with E-state index in [0.29, 0.717) is 0 Å². The molecule has 0 aliphatic carbocycles. The molecule has 0 amide bonds. The fourth-order valence-corrected chi connectivity index (χ4v) is 2.89. The van der Waals surface area contributed by atoms with Crippen LogP contribution in [0, 0.1) is 0 Å². The summed E-state index contributed by atoms with van der Waals surface area (Å²) in [6.45, 7) is -2.82. The van der Waals surface area contributed by atoms with Crippen molar-refractivity contribution in [3.05, 3.63) is 78.4 Å². The van der Waals surface area contributed by atoms with Crippen molar-refractivity contribution in [2.24, 2.45) is 5.10 Å². The first-order valence-electron chi connectivity index (χ1n) is 7.80. The van der Waals surface area contributed by atoms with Crippen LogP contribution in [0.15, 0.2) is 77.9 Å². The zero-order valence-electron chi connectivity index (χ0n) is 13.1. The number of alkyl halides is 2. The maximum Gasteiger partial charge on any atom is 0.387 e. The smallest absolute Gasteiger partial charge is 0.387 e. The van der Waals surface area contributed by atoms with Crippen molar-refractivity contribution in [1.29, 1.82) is 0 Å². The first-order chi connectivity index (χ1) is 12.2. The van der Waals surface area contributed by atoms with Gasteiger partial charge in [0.2, 0.25) is 0 Å². The molecule has 0 saturated heterocycles. The molecule has 0 fully saturated rings. The Kier molecular flexibility index (Phi) is 3.90. The minimum Gasteiger partial charge on any atom is -0.435 e. The van der Waals surface area contributed by atoms with Crippen molar-refractivity contribution in [1.82, 2.24) is 4.68 Å². The number of hydrogen-bond donors (Lipinski definition) is 0. The van der Waals surface area contributed by atoms with Gasteiger partial charge < -0.3 is 4.74 Å². The number of hydrogen-bond acceptors (Lipinski definition) is 2. The third-order valence-electron chi connectivity index (χ3n) is 3.98. The Balaban J connectivity index is 1.73. The molecular formula is C20H14F2N2O. The van der Waals surface area contributed by atoms with Gasteiger partial charge in [0.25, 0.3) is 0 Å². The van der Waals surface area contributed by atoms with Crippen molar-refractivity contribution in [2.75, 3.05) is 0 Å². The lowest BCUT2D eigenvalue weighted by molar-refractivity contribution is -0.0498. The molecule has 0 N–H and O–H groups in total. The van der Waals surface area contributed by atoms with Gasteiger partial charge in [0.15, 0.2) is 0 Å². The molecular weight excluding hydrogens is 322 g/mol. The zero-order chi connectivity index (χ0) is 17.2. The maximum absolute atomic E-state index is 12.2. The molecule has 0 atom stereocenters. The summed E-state index contributed by atoms with van der Waals surface area (Å²) in [5, 5.41) is 6.86. The van der Waals surface area contributed by atoms with Gasteiger partial charge >= 0.3 is 6.61 Å². The summed E-state index contributed by atoms with van der Waals surface area (Å²) >= 11 is 0. The number of aromatic nitrogens is 1. The Morgan fingerprint density at radius 3 is 1.92 bits per heavy atom. The van der Waals surface area contributed by atoms with Crippen LogP contribution in [0.1, 0.15) is 5.56 Å². The second kappa shape index (κ2) is 6.36. The Labute approximate surface area is 142 Å². The molecule has 1 aromatic heterocycles. The Bertz CT molecular complexity index is 999. The van der Waals surface area contributed by atoms with Crippen molar-refractivity contribution in [3.8, 4) is 5.75 Å². The minimum absolute atomic E-state index is 0.129. The van der Waals surface area contributed by atoms with Crippen molar-refractivity contribution >= 4 is 28.0 Å². The average molecular weight is 336 g/mol. The summed E-state index contributed by atoms with van der Waals surface area (Å²) in [5.41, 5.74) is 2.82. The molecule has 5 heteroatoms. The highest BCUT2D eigenvalue weighted by Crippen LogP contribution is 2.28. The molecule has 0 saturated carbocycles. The van der Waals surface area contributed by atoms with Crippen LogP contribution in [-0.4, -0.2) is 17.5 Å².